The molecule has 4 aromatic rings. The smallest absolute Gasteiger partial charge is 0.346 e. The first-order valence-electron chi connectivity index (χ1n) is 9.83. The van der Waals surface area contributed by atoms with Crippen LogP contribution in [0.25, 0.3) is 31.8 Å². The van der Waals surface area contributed by atoms with Gasteiger partial charge in [0.2, 0.25) is 0 Å². The number of hydrogen-bond acceptors (Lipinski definition) is 6. The number of fused-ring (bicyclic) bond motifs is 2. The molecule has 0 spiro atoms. The van der Waals surface area contributed by atoms with E-state index in [1.165, 1.54) is 17.8 Å². The molecule has 0 atom stereocenters. The maximum absolute atomic E-state index is 12.6. The van der Waals surface area contributed by atoms with E-state index in [1.54, 1.807) is 24.3 Å². The topological polar surface area (TPSA) is 69.4 Å². The van der Waals surface area contributed by atoms with Gasteiger partial charge in [-0.3, -0.25) is 4.79 Å². The third kappa shape index (κ3) is 3.56. The molecule has 2 aromatic heterocycles. The van der Waals surface area contributed by atoms with Crippen LogP contribution in [0.15, 0.2) is 57.7 Å². The number of esters is 1. The van der Waals surface area contributed by atoms with Gasteiger partial charge in [-0.05, 0) is 43.2 Å². The van der Waals surface area contributed by atoms with E-state index in [0.29, 0.717) is 21.9 Å². The van der Waals surface area contributed by atoms with Gasteiger partial charge in [0.15, 0.2) is 0 Å². The van der Waals surface area contributed by atoms with Crippen LogP contribution in [-0.4, -0.2) is 11.0 Å². The van der Waals surface area contributed by atoms with Crippen LogP contribution in [0.4, 0.5) is 0 Å². The van der Waals surface area contributed by atoms with E-state index >= 15 is 0 Å². The van der Waals surface area contributed by atoms with Gasteiger partial charge in [-0.25, -0.2) is 9.78 Å². The van der Waals surface area contributed by atoms with Crippen LogP contribution < -0.4 is 10.4 Å². The van der Waals surface area contributed by atoms with Crippen LogP contribution in [0, 0.1) is 5.92 Å². The number of para-hydroxylation sites is 1. The molecular formula is C23H19NO4S. The lowest BCUT2D eigenvalue weighted by Crippen LogP contribution is -2.22. The number of carbonyl (C=O) groups excluding carboxylic acids is 1. The van der Waals surface area contributed by atoms with Crippen LogP contribution in [0.5, 0.6) is 5.75 Å². The zero-order valence-corrected chi connectivity index (χ0v) is 16.5. The van der Waals surface area contributed by atoms with Gasteiger partial charge in [0, 0.05) is 11.5 Å². The van der Waals surface area contributed by atoms with E-state index in [1.807, 2.05) is 24.3 Å². The van der Waals surface area contributed by atoms with E-state index < -0.39 is 5.63 Å². The summed E-state index contributed by atoms with van der Waals surface area (Å²) in [5.74, 6) is 0.175. The van der Waals surface area contributed by atoms with E-state index in [4.69, 9.17) is 9.15 Å². The van der Waals surface area contributed by atoms with Crippen molar-refractivity contribution in [2.24, 2.45) is 5.92 Å². The number of nitrogens with zero attached hydrogens (tertiary/aromatic N) is 1. The fourth-order valence-corrected chi connectivity index (χ4v) is 4.80. The zero-order valence-electron chi connectivity index (χ0n) is 15.7. The molecule has 6 heteroatoms. The van der Waals surface area contributed by atoms with Crippen molar-refractivity contribution in [1.82, 2.24) is 4.98 Å². The molecule has 0 N–H and O–H groups in total. The van der Waals surface area contributed by atoms with Crippen molar-refractivity contribution >= 4 is 38.5 Å². The molecule has 0 amide bonds. The van der Waals surface area contributed by atoms with Crippen LogP contribution in [0.2, 0.25) is 0 Å². The highest BCUT2D eigenvalue weighted by Gasteiger charge is 2.23. The number of thiazole rings is 1. The Morgan fingerprint density at radius 1 is 1.07 bits per heavy atom. The second kappa shape index (κ2) is 7.44. The number of aromatic nitrogens is 1. The Morgan fingerprint density at radius 3 is 2.72 bits per heavy atom. The van der Waals surface area contributed by atoms with E-state index in [0.717, 1.165) is 41.3 Å². The fraction of sp³-hybridized carbons (Fsp3) is 0.261. The predicted octanol–water partition coefficient (Wildman–Crippen LogP) is 5.56. The van der Waals surface area contributed by atoms with Crippen molar-refractivity contribution in [1.29, 1.82) is 0 Å². The highest BCUT2D eigenvalue weighted by Crippen LogP contribution is 2.31. The normalized spacial score (nSPS) is 15.0. The highest BCUT2D eigenvalue weighted by atomic mass is 32.1. The van der Waals surface area contributed by atoms with Gasteiger partial charge in [0.05, 0.1) is 21.7 Å². The summed E-state index contributed by atoms with van der Waals surface area (Å²) in [7, 11) is 0. The van der Waals surface area contributed by atoms with Gasteiger partial charge in [-0.1, -0.05) is 31.4 Å². The molecule has 1 aliphatic rings. The quantitative estimate of drug-likeness (QED) is 0.254. The van der Waals surface area contributed by atoms with Crippen molar-refractivity contribution in [3.63, 3.8) is 0 Å². The SMILES string of the molecule is O=C(Oc1ccc2cc(-c3nc4ccccc4s3)c(=O)oc2c1)C1CCCCC1. The summed E-state index contributed by atoms with van der Waals surface area (Å²) < 4.78 is 12.1. The Hall–Kier alpha value is -2.99. The molecule has 0 unspecified atom stereocenters. The average molecular weight is 405 g/mol. The first-order chi connectivity index (χ1) is 14.2. The first kappa shape index (κ1) is 18.1. The monoisotopic (exact) mass is 405 g/mol. The van der Waals surface area contributed by atoms with Crippen molar-refractivity contribution < 1.29 is 13.9 Å². The third-order valence-corrected chi connectivity index (χ3v) is 6.46. The molecule has 1 saturated carbocycles. The maximum atomic E-state index is 12.6. The second-order valence-electron chi connectivity index (χ2n) is 7.39. The summed E-state index contributed by atoms with van der Waals surface area (Å²) >= 11 is 1.46. The molecule has 2 aromatic carbocycles. The van der Waals surface area contributed by atoms with Crippen LogP contribution in [0.3, 0.4) is 0 Å². The van der Waals surface area contributed by atoms with Gasteiger partial charge in [0.25, 0.3) is 0 Å². The number of rotatable bonds is 3. The lowest BCUT2D eigenvalue weighted by molar-refractivity contribution is -0.139. The van der Waals surface area contributed by atoms with Crippen LogP contribution in [0.1, 0.15) is 32.1 Å². The second-order valence-corrected chi connectivity index (χ2v) is 8.42. The summed E-state index contributed by atoms with van der Waals surface area (Å²) in [6.07, 6.45) is 5.09. The molecule has 1 fully saturated rings. The summed E-state index contributed by atoms with van der Waals surface area (Å²) in [6, 6.07) is 14.7. The van der Waals surface area contributed by atoms with Gasteiger partial charge in [0.1, 0.15) is 16.3 Å². The lowest BCUT2D eigenvalue weighted by atomic mass is 9.89. The maximum Gasteiger partial charge on any atom is 0.346 e. The number of ether oxygens (including phenoxy) is 1. The molecule has 5 rings (SSSR count). The standard InChI is InChI=1S/C23H19NO4S/c25-22(14-6-2-1-3-7-14)27-16-11-10-15-12-17(23(26)28-19(15)13-16)21-24-18-8-4-5-9-20(18)29-21/h4-5,8-14H,1-3,6-7H2. The molecule has 0 bridgehead atoms. The number of hydrogen-bond donors (Lipinski definition) is 0. The molecule has 2 heterocycles. The van der Waals surface area contributed by atoms with Gasteiger partial charge >= 0.3 is 11.6 Å². The van der Waals surface area contributed by atoms with Gasteiger partial charge in [-0.2, -0.15) is 0 Å². The van der Waals surface area contributed by atoms with E-state index in [2.05, 4.69) is 4.98 Å². The van der Waals surface area contributed by atoms with Crippen LogP contribution in [-0.2, 0) is 4.79 Å². The van der Waals surface area contributed by atoms with E-state index in [9.17, 15) is 9.59 Å². The summed E-state index contributed by atoms with van der Waals surface area (Å²) in [5.41, 5.74) is 1.24. The number of benzene rings is 2. The largest absolute Gasteiger partial charge is 0.426 e. The Bertz CT molecular complexity index is 1230. The number of carbonyl (C=O) groups is 1. The average Bonchev–Trinajstić information content (AvgIpc) is 3.18. The van der Waals surface area contributed by atoms with Crippen molar-refractivity contribution in [3.05, 3.63) is 59.0 Å². The molecule has 5 nitrogen and oxygen atoms in total. The highest BCUT2D eigenvalue weighted by molar-refractivity contribution is 7.21. The predicted molar refractivity (Wildman–Crippen MR) is 113 cm³/mol. The molecule has 146 valence electrons. The molecule has 0 saturated heterocycles. The van der Waals surface area contributed by atoms with Crippen molar-refractivity contribution in [2.45, 2.75) is 32.1 Å². The van der Waals surface area contributed by atoms with Gasteiger partial charge in [-0.15, -0.1) is 11.3 Å². The molecular weight excluding hydrogens is 386 g/mol. The van der Waals surface area contributed by atoms with E-state index in [-0.39, 0.29) is 11.9 Å². The summed E-state index contributed by atoms with van der Waals surface area (Å²) in [4.78, 5) is 29.5. The minimum atomic E-state index is -0.452. The Morgan fingerprint density at radius 2 is 1.90 bits per heavy atom. The lowest BCUT2D eigenvalue weighted by Gasteiger charge is -2.19. The molecule has 0 radical (unpaired) electrons. The first-order valence-corrected chi connectivity index (χ1v) is 10.6. The molecule has 29 heavy (non-hydrogen) atoms. The van der Waals surface area contributed by atoms with Crippen LogP contribution >= 0.6 is 11.3 Å². The minimum absolute atomic E-state index is 0.0344. The third-order valence-electron chi connectivity index (χ3n) is 5.39. The van der Waals surface area contributed by atoms with Gasteiger partial charge < -0.3 is 9.15 Å². The van der Waals surface area contributed by atoms with Crippen molar-refractivity contribution in [2.75, 3.05) is 0 Å². The fourth-order valence-electron chi connectivity index (χ4n) is 3.83. The van der Waals surface area contributed by atoms with Crippen molar-refractivity contribution in [3.8, 4) is 16.3 Å². The molecule has 1 aliphatic carbocycles. The Kier molecular flexibility index (Phi) is 4.64. The summed E-state index contributed by atoms with van der Waals surface area (Å²) in [5, 5.41) is 1.39. The minimum Gasteiger partial charge on any atom is -0.426 e. The summed E-state index contributed by atoms with van der Waals surface area (Å²) in [6.45, 7) is 0. The Labute approximate surface area is 171 Å². The Balaban J connectivity index is 1.46. The molecule has 0 aliphatic heterocycles. The zero-order chi connectivity index (χ0) is 19.8.